The van der Waals surface area contributed by atoms with E-state index in [1.807, 2.05) is 18.4 Å². The Morgan fingerprint density at radius 3 is 2.76 bits per heavy atom. The van der Waals surface area contributed by atoms with E-state index >= 15 is 0 Å². The summed E-state index contributed by atoms with van der Waals surface area (Å²) in [6, 6.07) is 3.58. The molecule has 17 heavy (non-hydrogen) atoms. The van der Waals surface area contributed by atoms with Crippen molar-refractivity contribution in [2.24, 2.45) is 5.73 Å². The molecule has 2 aromatic heterocycles. The largest absolute Gasteiger partial charge is 0.463 e. The van der Waals surface area contributed by atoms with Crippen molar-refractivity contribution in [3.63, 3.8) is 0 Å². The normalized spacial score (nSPS) is 10.8. The lowest BCUT2D eigenvalue weighted by molar-refractivity contribution is 0.1000. The van der Waals surface area contributed by atoms with Gasteiger partial charge in [0.25, 0.3) is 5.91 Å². The van der Waals surface area contributed by atoms with Crippen LogP contribution in [-0.4, -0.2) is 10.5 Å². The fourth-order valence-electron chi connectivity index (χ4n) is 2.03. The molecule has 2 heterocycles. The quantitative estimate of drug-likeness (QED) is 0.913. The van der Waals surface area contributed by atoms with E-state index in [0.29, 0.717) is 28.6 Å². The number of primary amides is 1. The van der Waals surface area contributed by atoms with Gasteiger partial charge >= 0.3 is 0 Å². The number of hydrogen-bond donors (Lipinski definition) is 1. The Balaban J connectivity index is 2.75. The number of carbonyl (C=O) groups excluding carboxylic acids is 1. The molecule has 0 saturated heterocycles. The van der Waals surface area contributed by atoms with Gasteiger partial charge in [-0.3, -0.25) is 4.79 Å². The van der Waals surface area contributed by atoms with E-state index in [1.54, 1.807) is 18.4 Å². The molecule has 0 aliphatic carbocycles. The van der Waals surface area contributed by atoms with E-state index in [0.717, 1.165) is 5.69 Å². The number of hydrogen-bond acceptors (Lipinski definition) is 2. The van der Waals surface area contributed by atoms with Crippen molar-refractivity contribution in [2.75, 3.05) is 0 Å². The molecule has 2 rings (SSSR count). The van der Waals surface area contributed by atoms with Gasteiger partial charge in [0.2, 0.25) is 0 Å². The first-order valence-electron chi connectivity index (χ1n) is 5.30. The summed E-state index contributed by atoms with van der Waals surface area (Å²) in [6.45, 7) is 4.48. The Labute approximate surface area is 104 Å². The van der Waals surface area contributed by atoms with E-state index in [9.17, 15) is 4.79 Å². The molecule has 0 radical (unpaired) electrons. The van der Waals surface area contributed by atoms with Crippen molar-refractivity contribution in [3.05, 3.63) is 34.7 Å². The highest BCUT2D eigenvalue weighted by molar-refractivity contribution is 6.36. The average molecular weight is 253 g/mol. The van der Waals surface area contributed by atoms with Gasteiger partial charge in [0.05, 0.1) is 16.8 Å². The number of aromatic nitrogens is 1. The molecular formula is C12H13ClN2O2. The van der Waals surface area contributed by atoms with Crippen molar-refractivity contribution >= 4 is 17.5 Å². The molecule has 0 fully saturated rings. The molecule has 0 bridgehead atoms. The number of carbonyl (C=O) groups is 1. The van der Waals surface area contributed by atoms with E-state index < -0.39 is 5.91 Å². The van der Waals surface area contributed by atoms with Gasteiger partial charge in [-0.1, -0.05) is 11.6 Å². The van der Waals surface area contributed by atoms with Crippen LogP contribution in [0.3, 0.4) is 0 Å². The van der Waals surface area contributed by atoms with Crippen LogP contribution in [-0.2, 0) is 6.54 Å². The third-order valence-electron chi connectivity index (χ3n) is 2.78. The summed E-state index contributed by atoms with van der Waals surface area (Å²) < 4.78 is 7.25. The molecule has 0 unspecified atom stereocenters. The van der Waals surface area contributed by atoms with Crippen LogP contribution in [0.4, 0.5) is 0 Å². The number of nitrogens with zero attached hydrogens (tertiary/aromatic N) is 1. The van der Waals surface area contributed by atoms with Crippen LogP contribution in [0.25, 0.3) is 11.5 Å². The molecule has 90 valence electrons. The van der Waals surface area contributed by atoms with E-state index in [-0.39, 0.29) is 0 Å². The number of nitrogens with two attached hydrogens (primary N) is 1. The molecule has 0 aliphatic heterocycles. The Morgan fingerprint density at radius 2 is 2.29 bits per heavy atom. The first-order valence-corrected chi connectivity index (χ1v) is 5.68. The van der Waals surface area contributed by atoms with Crippen molar-refractivity contribution in [2.45, 2.75) is 20.4 Å². The first-order chi connectivity index (χ1) is 8.07. The standard InChI is InChI=1S/C12H13ClN2O2/c1-3-15-7(2)9(12(14)16)10(13)11(15)8-5-4-6-17-8/h4-6H,3H2,1-2H3,(H2,14,16). The summed E-state index contributed by atoms with van der Waals surface area (Å²) >= 11 is 6.22. The summed E-state index contributed by atoms with van der Waals surface area (Å²) in [4.78, 5) is 11.4. The van der Waals surface area contributed by atoms with Gasteiger partial charge in [0, 0.05) is 12.2 Å². The molecule has 2 aromatic rings. The lowest BCUT2D eigenvalue weighted by Crippen LogP contribution is -2.12. The number of halogens is 1. The Kier molecular flexibility index (Phi) is 2.98. The predicted molar refractivity (Wildman–Crippen MR) is 66.1 cm³/mol. The molecule has 2 N–H and O–H groups in total. The molecule has 4 nitrogen and oxygen atoms in total. The maximum atomic E-state index is 11.4. The lowest BCUT2D eigenvalue weighted by Gasteiger charge is -2.06. The summed E-state index contributed by atoms with van der Waals surface area (Å²) in [5.41, 5.74) is 7.16. The molecular weight excluding hydrogens is 240 g/mol. The van der Waals surface area contributed by atoms with Gasteiger partial charge < -0.3 is 14.7 Å². The lowest BCUT2D eigenvalue weighted by atomic mass is 10.2. The molecule has 0 aliphatic rings. The minimum Gasteiger partial charge on any atom is -0.463 e. The minimum absolute atomic E-state index is 0.354. The zero-order valence-electron chi connectivity index (χ0n) is 9.66. The van der Waals surface area contributed by atoms with Crippen LogP contribution >= 0.6 is 11.6 Å². The van der Waals surface area contributed by atoms with Crippen LogP contribution < -0.4 is 5.73 Å². The van der Waals surface area contributed by atoms with E-state index in [4.69, 9.17) is 21.8 Å². The van der Waals surface area contributed by atoms with Crippen LogP contribution in [0, 0.1) is 6.92 Å². The van der Waals surface area contributed by atoms with E-state index in [1.165, 1.54) is 0 Å². The minimum atomic E-state index is -0.521. The fraction of sp³-hybridized carbons (Fsp3) is 0.250. The first kappa shape index (κ1) is 11.8. The third kappa shape index (κ3) is 1.74. The van der Waals surface area contributed by atoms with Crippen LogP contribution in [0.2, 0.25) is 5.02 Å². The van der Waals surface area contributed by atoms with Crippen molar-refractivity contribution in [1.29, 1.82) is 0 Å². The Morgan fingerprint density at radius 1 is 1.59 bits per heavy atom. The molecule has 0 aromatic carbocycles. The maximum absolute atomic E-state index is 11.4. The smallest absolute Gasteiger partial charge is 0.252 e. The van der Waals surface area contributed by atoms with Crippen molar-refractivity contribution in [3.8, 4) is 11.5 Å². The summed E-state index contributed by atoms with van der Waals surface area (Å²) in [5, 5.41) is 0.354. The zero-order valence-corrected chi connectivity index (χ0v) is 10.4. The van der Waals surface area contributed by atoms with E-state index in [2.05, 4.69) is 0 Å². The molecule has 5 heteroatoms. The average Bonchev–Trinajstić information content (AvgIpc) is 2.84. The van der Waals surface area contributed by atoms with Gasteiger partial charge in [-0.15, -0.1) is 0 Å². The van der Waals surface area contributed by atoms with Gasteiger partial charge in [-0.25, -0.2) is 0 Å². The molecule has 0 atom stereocenters. The van der Waals surface area contributed by atoms with Gasteiger partial charge in [-0.2, -0.15) is 0 Å². The fourth-order valence-corrected chi connectivity index (χ4v) is 2.46. The Hall–Kier alpha value is -1.68. The second-order valence-corrected chi connectivity index (χ2v) is 4.09. The molecule has 0 spiro atoms. The van der Waals surface area contributed by atoms with Gasteiger partial charge in [-0.05, 0) is 26.0 Å². The number of furan rings is 1. The van der Waals surface area contributed by atoms with Crippen LogP contribution in [0.15, 0.2) is 22.8 Å². The molecule has 1 amide bonds. The number of amides is 1. The molecule has 0 saturated carbocycles. The second-order valence-electron chi connectivity index (χ2n) is 3.71. The second kappa shape index (κ2) is 4.30. The topological polar surface area (TPSA) is 61.2 Å². The monoisotopic (exact) mass is 252 g/mol. The third-order valence-corrected chi connectivity index (χ3v) is 3.15. The van der Waals surface area contributed by atoms with Crippen LogP contribution in [0.5, 0.6) is 0 Å². The highest BCUT2D eigenvalue weighted by Gasteiger charge is 2.23. The number of rotatable bonds is 3. The summed E-state index contributed by atoms with van der Waals surface area (Å²) in [7, 11) is 0. The van der Waals surface area contributed by atoms with Crippen molar-refractivity contribution < 1.29 is 9.21 Å². The highest BCUT2D eigenvalue weighted by atomic mass is 35.5. The maximum Gasteiger partial charge on any atom is 0.252 e. The predicted octanol–water partition coefficient (Wildman–Crippen LogP) is 2.83. The van der Waals surface area contributed by atoms with Crippen LogP contribution in [0.1, 0.15) is 23.0 Å². The van der Waals surface area contributed by atoms with Gasteiger partial charge in [0.15, 0.2) is 5.76 Å². The highest BCUT2D eigenvalue weighted by Crippen LogP contribution is 2.35. The Bertz CT molecular complexity index is 556. The SMILES string of the molecule is CCn1c(C)c(C(N)=O)c(Cl)c1-c1ccco1. The summed E-state index contributed by atoms with van der Waals surface area (Å²) in [6.07, 6.45) is 1.57. The van der Waals surface area contributed by atoms with Crippen molar-refractivity contribution in [1.82, 2.24) is 4.57 Å². The summed E-state index contributed by atoms with van der Waals surface area (Å²) in [5.74, 6) is 0.111. The zero-order chi connectivity index (χ0) is 12.6. The van der Waals surface area contributed by atoms with Gasteiger partial charge in [0.1, 0.15) is 5.69 Å².